The lowest BCUT2D eigenvalue weighted by molar-refractivity contribution is -0.142. The predicted octanol–water partition coefficient (Wildman–Crippen LogP) is 1.05. The van der Waals surface area contributed by atoms with Crippen LogP contribution in [-0.2, 0) is 9.59 Å². The van der Waals surface area contributed by atoms with Crippen LogP contribution >= 0.6 is 15.9 Å². The van der Waals surface area contributed by atoms with Crippen LogP contribution in [0.25, 0.3) is 0 Å². The number of hydrogen-bond acceptors (Lipinski definition) is 4. The molecule has 1 aromatic rings. The summed E-state index contributed by atoms with van der Waals surface area (Å²) in [7, 11) is 1.20. The molecule has 4 amide bonds. The lowest BCUT2D eigenvalue weighted by atomic mass is 10.1. The maximum absolute atomic E-state index is 12.0. The van der Waals surface area contributed by atoms with Gasteiger partial charge in [0.15, 0.2) is 5.78 Å². The molecule has 0 aliphatic carbocycles. The summed E-state index contributed by atoms with van der Waals surface area (Å²) in [6.45, 7) is -0.440. The fourth-order valence-electron chi connectivity index (χ4n) is 1.65. The first kappa shape index (κ1) is 13.4. The van der Waals surface area contributed by atoms with Crippen LogP contribution in [0.2, 0.25) is 0 Å². The standard InChI is InChI=1S/C12H9BrN2O4/c1-14-10(17)11(18)15(12(14)19)6-9(16)7-3-2-4-8(13)5-7/h2-5H,6H2,1H3. The molecule has 6 nitrogen and oxygen atoms in total. The normalized spacial score (nSPS) is 15.4. The zero-order chi connectivity index (χ0) is 14.2. The summed E-state index contributed by atoms with van der Waals surface area (Å²) in [6, 6.07) is 5.80. The van der Waals surface area contributed by atoms with Crippen molar-refractivity contribution >= 4 is 39.6 Å². The van der Waals surface area contributed by atoms with E-state index in [9.17, 15) is 19.2 Å². The van der Waals surface area contributed by atoms with E-state index >= 15 is 0 Å². The molecule has 19 heavy (non-hydrogen) atoms. The quantitative estimate of drug-likeness (QED) is 0.473. The highest BCUT2D eigenvalue weighted by molar-refractivity contribution is 9.10. The van der Waals surface area contributed by atoms with Crippen LogP contribution in [-0.4, -0.2) is 47.0 Å². The van der Waals surface area contributed by atoms with Gasteiger partial charge in [-0.1, -0.05) is 28.1 Å². The Labute approximate surface area is 117 Å². The Kier molecular flexibility index (Phi) is 3.48. The first-order chi connectivity index (χ1) is 8.91. The number of urea groups is 1. The van der Waals surface area contributed by atoms with Crippen molar-refractivity contribution in [2.45, 2.75) is 0 Å². The van der Waals surface area contributed by atoms with Gasteiger partial charge in [-0.25, -0.2) is 9.69 Å². The average Bonchev–Trinajstić information content (AvgIpc) is 2.56. The van der Waals surface area contributed by atoms with E-state index in [1.54, 1.807) is 24.3 Å². The summed E-state index contributed by atoms with van der Waals surface area (Å²) >= 11 is 3.22. The van der Waals surface area contributed by atoms with Gasteiger partial charge in [0.1, 0.15) is 0 Å². The number of likely N-dealkylation sites (N-methyl/N-ethyl adjacent to an activating group) is 1. The monoisotopic (exact) mass is 324 g/mol. The second kappa shape index (κ2) is 4.93. The third kappa shape index (κ3) is 2.41. The highest BCUT2D eigenvalue weighted by Crippen LogP contribution is 2.15. The summed E-state index contributed by atoms with van der Waals surface area (Å²) in [5, 5.41) is 0. The summed E-state index contributed by atoms with van der Waals surface area (Å²) in [6.07, 6.45) is 0. The third-order valence-electron chi connectivity index (χ3n) is 2.70. The summed E-state index contributed by atoms with van der Waals surface area (Å²) in [4.78, 5) is 47.7. The van der Waals surface area contributed by atoms with Crippen molar-refractivity contribution in [1.82, 2.24) is 9.80 Å². The Morgan fingerprint density at radius 3 is 2.42 bits per heavy atom. The molecule has 0 aromatic heterocycles. The topological polar surface area (TPSA) is 74.8 Å². The van der Waals surface area contributed by atoms with E-state index < -0.39 is 30.2 Å². The number of amides is 4. The minimum Gasteiger partial charge on any atom is -0.292 e. The minimum absolute atomic E-state index is 0.358. The van der Waals surface area contributed by atoms with Gasteiger partial charge in [-0.3, -0.25) is 19.3 Å². The van der Waals surface area contributed by atoms with Crippen LogP contribution in [0.1, 0.15) is 10.4 Å². The second-order valence-electron chi connectivity index (χ2n) is 3.97. The predicted molar refractivity (Wildman–Crippen MR) is 68.4 cm³/mol. The number of Topliss-reactive ketones (excluding diaryl/α,β-unsaturated/α-hetero) is 1. The van der Waals surface area contributed by atoms with Crippen LogP contribution in [0, 0.1) is 0 Å². The first-order valence-electron chi connectivity index (χ1n) is 5.34. The molecule has 0 atom stereocenters. The molecule has 1 fully saturated rings. The molecule has 1 aliphatic rings. The highest BCUT2D eigenvalue weighted by atomic mass is 79.9. The average molecular weight is 325 g/mol. The van der Waals surface area contributed by atoms with E-state index in [4.69, 9.17) is 0 Å². The van der Waals surface area contributed by atoms with Crippen molar-refractivity contribution < 1.29 is 19.2 Å². The largest absolute Gasteiger partial charge is 0.334 e. The fourth-order valence-corrected chi connectivity index (χ4v) is 2.05. The number of carbonyl (C=O) groups is 4. The van der Waals surface area contributed by atoms with Crippen LogP contribution in [0.3, 0.4) is 0 Å². The number of benzene rings is 1. The molecule has 1 aliphatic heterocycles. The molecule has 0 N–H and O–H groups in total. The smallest absolute Gasteiger partial charge is 0.292 e. The van der Waals surface area contributed by atoms with Crippen LogP contribution in [0.5, 0.6) is 0 Å². The van der Waals surface area contributed by atoms with E-state index in [2.05, 4.69) is 15.9 Å². The van der Waals surface area contributed by atoms with E-state index in [1.165, 1.54) is 7.05 Å². The second-order valence-corrected chi connectivity index (χ2v) is 4.89. The number of hydrogen-bond donors (Lipinski definition) is 0. The molecule has 0 saturated carbocycles. The van der Waals surface area contributed by atoms with Gasteiger partial charge in [0.25, 0.3) is 0 Å². The molecule has 1 saturated heterocycles. The molecule has 1 heterocycles. The number of rotatable bonds is 3. The Hall–Kier alpha value is -2.02. The Morgan fingerprint density at radius 1 is 1.21 bits per heavy atom. The molecule has 7 heteroatoms. The van der Waals surface area contributed by atoms with Gasteiger partial charge < -0.3 is 0 Å². The highest BCUT2D eigenvalue weighted by Gasteiger charge is 2.42. The van der Waals surface area contributed by atoms with Gasteiger partial charge in [-0.05, 0) is 12.1 Å². The molecule has 2 rings (SSSR count). The van der Waals surface area contributed by atoms with Gasteiger partial charge in [0, 0.05) is 17.1 Å². The number of nitrogens with zero attached hydrogens (tertiary/aromatic N) is 2. The molecule has 0 bridgehead atoms. The van der Waals surface area contributed by atoms with Crippen molar-refractivity contribution in [3.63, 3.8) is 0 Å². The Balaban J connectivity index is 2.18. The minimum atomic E-state index is -0.976. The number of carbonyl (C=O) groups excluding carboxylic acids is 4. The molecule has 1 aromatic carbocycles. The van der Waals surface area contributed by atoms with Crippen molar-refractivity contribution in [3.8, 4) is 0 Å². The molecular formula is C12H9BrN2O4. The number of halogens is 1. The third-order valence-corrected chi connectivity index (χ3v) is 3.19. The van der Waals surface area contributed by atoms with Crippen LogP contribution < -0.4 is 0 Å². The van der Waals surface area contributed by atoms with Crippen molar-refractivity contribution in [2.75, 3.05) is 13.6 Å². The summed E-state index contributed by atoms with van der Waals surface area (Å²) in [5.74, 6) is -2.31. The fraction of sp³-hybridized carbons (Fsp3) is 0.167. The zero-order valence-electron chi connectivity index (χ0n) is 9.92. The number of ketones is 1. The zero-order valence-corrected chi connectivity index (χ0v) is 11.5. The molecule has 0 radical (unpaired) electrons. The summed E-state index contributed by atoms with van der Waals surface area (Å²) < 4.78 is 0.714. The SMILES string of the molecule is CN1C(=O)C(=O)N(CC(=O)c2cccc(Br)c2)C1=O. The van der Waals surface area contributed by atoms with E-state index in [-0.39, 0.29) is 0 Å². The van der Waals surface area contributed by atoms with Crippen LogP contribution in [0.15, 0.2) is 28.7 Å². The maximum atomic E-state index is 12.0. The Bertz CT molecular complexity index is 599. The van der Waals surface area contributed by atoms with Crippen molar-refractivity contribution in [3.05, 3.63) is 34.3 Å². The van der Waals surface area contributed by atoms with Gasteiger partial charge in [0.2, 0.25) is 0 Å². The summed E-state index contributed by atoms with van der Waals surface area (Å²) in [5.41, 5.74) is 0.358. The molecule has 98 valence electrons. The molecular weight excluding hydrogens is 316 g/mol. The van der Waals surface area contributed by atoms with E-state index in [1.807, 2.05) is 0 Å². The lowest BCUT2D eigenvalue weighted by Crippen LogP contribution is -2.36. The number of imide groups is 2. The molecule has 0 spiro atoms. The van der Waals surface area contributed by atoms with Crippen molar-refractivity contribution in [1.29, 1.82) is 0 Å². The van der Waals surface area contributed by atoms with Gasteiger partial charge in [-0.15, -0.1) is 0 Å². The van der Waals surface area contributed by atoms with Crippen molar-refractivity contribution in [2.24, 2.45) is 0 Å². The first-order valence-corrected chi connectivity index (χ1v) is 6.13. The Morgan fingerprint density at radius 2 is 1.89 bits per heavy atom. The van der Waals surface area contributed by atoms with E-state index in [0.717, 1.165) is 0 Å². The maximum Gasteiger partial charge on any atom is 0.334 e. The van der Waals surface area contributed by atoms with E-state index in [0.29, 0.717) is 19.8 Å². The van der Waals surface area contributed by atoms with Gasteiger partial charge in [0.05, 0.1) is 6.54 Å². The molecule has 0 unspecified atom stereocenters. The van der Waals surface area contributed by atoms with Crippen LogP contribution in [0.4, 0.5) is 4.79 Å². The lowest BCUT2D eigenvalue weighted by Gasteiger charge is -2.11. The van der Waals surface area contributed by atoms with Gasteiger partial charge in [-0.2, -0.15) is 0 Å². The van der Waals surface area contributed by atoms with Gasteiger partial charge >= 0.3 is 17.8 Å².